The summed E-state index contributed by atoms with van der Waals surface area (Å²) in [6.07, 6.45) is 2.66. The number of benzene rings is 2. The van der Waals surface area contributed by atoms with Crippen molar-refractivity contribution in [3.8, 4) is 22.7 Å². The quantitative estimate of drug-likeness (QED) is 0.732. The van der Waals surface area contributed by atoms with Crippen LogP contribution in [-0.2, 0) is 0 Å². The highest BCUT2D eigenvalue weighted by Crippen LogP contribution is 2.27. The summed E-state index contributed by atoms with van der Waals surface area (Å²) in [6.45, 7) is 4.70. The van der Waals surface area contributed by atoms with E-state index in [0.717, 1.165) is 23.4 Å². The lowest BCUT2D eigenvalue weighted by molar-refractivity contribution is 0.0954. The Kier molecular flexibility index (Phi) is 5.37. The number of aromatic nitrogens is 2. The van der Waals surface area contributed by atoms with Crippen LogP contribution < -0.4 is 10.1 Å². The molecular formula is C21H23N3O2. The van der Waals surface area contributed by atoms with E-state index in [2.05, 4.69) is 10.4 Å². The van der Waals surface area contributed by atoms with E-state index in [1.807, 2.05) is 62.4 Å². The molecule has 1 aromatic heterocycles. The first-order valence-corrected chi connectivity index (χ1v) is 8.71. The van der Waals surface area contributed by atoms with Crippen LogP contribution in [0.25, 0.3) is 16.9 Å². The molecule has 0 bridgehead atoms. The molecule has 1 amide bonds. The first kappa shape index (κ1) is 17.7. The number of amides is 1. The highest BCUT2D eigenvalue weighted by atomic mass is 16.5. The normalized spacial score (nSPS) is 10.6. The Balaban J connectivity index is 2.07. The highest BCUT2D eigenvalue weighted by molar-refractivity contribution is 6.00. The van der Waals surface area contributed by atoms with Gasteiger partial charge < -0.3 is 10.1 Å². The van der Waals surface area contributed by atoms with Gasteiger partial charge in [0, 0.05) is 18.3 Å². The molecule has 134 valence electrons. The number of rotatable bonds is 6. The minimum Gasteiger partial charge on any atom is -0.497 e. The standard InChI is InChI=1S/C21H23N3O2/c1-4-12-22-21(25)19-14-24(17-10-8-15(2)9-11-17)23-20(19)16-6-5-7-18(13-16)26-3/h5-11,13-14H,4,12H2,1-3H3,(H,22,25). The lowest BCUT2D eigenvalue weighted by Gasteiger charge is -2.05. The Bertz CT molecular complexity index is 898. The van der Waals surface area contributed by atoms with Gasteiger partial charge in [-0.1, -0.05) is 36.8 Å². The molecule has 0 aliphatic carbocycles. The van der Waals surface area contributed by atoms with Crippen molar-refractivity contribution in [2.45, 2.75) is 20.3 Å². The zero-order valence-electron chi connectivity index (χ0n) is 15.3. The van der Waals surface area contributed by atoms with Crippen molar-refractivity contribution in [3.63, 3.8) is 0 Å². The second kappa shape index (κ2) is 7.87. The molecule has 3 rings (SSSR count). The summed E-state index contributed by atoms with van der Waals surface area (Å²) in [6, 6.07) is 15.6. The molecule has 0 fully saturated rings. The number of hydrogen-bond donors (Lipinski definition) is 1. The number of nitrogens with zero attached hydrogens (tertiary/aromatic N) is 2. The molecule has 26 heavy (non-hydrogen) atoms. The molecule has 5 heteroatoms. The highest BCUT2D eigenvalue weighted by Gasteiger charge is 2.18. The molecule has 0 aliphatic heterocycles. The van der Waals surface area contributed by atoms with E-state index in [1.54, 1.807) is 18.0 Å². The number of ether oxygens (including phenoxy) is 1. The third-order valence-corrected chi connectivity index (χ3v) is 4.14. The maximum Gasteiger partial charge on any atom is 0.255 e. The second-order valence-electron chi connectivity index (χ2n) is 6.16. The maximum absolute atomic E-state index is 12.7. The Morgan fingerprint density at radius 2 is 1.96 bits per heavy atom. The summed E-state index contributed by atoms with van der Waals surface area (Å²) in [5.74, 6) is 0.607. The first-order valence-electron chi connectivity index (χ1n) is 8.71. The van der Waals surface area contributed by atoms with Gasteiger partial charge in [-0.15, -0.1) is 0 Å². The van der Waals surface area contributed by atoms with Gasteiger partial charge in [0.25, 0.3) is 5.91 Å². The molecule has 3 aromatic rings. The van der Waals surface area contributed by atoms with Crippen LogP contribution in [0.1, 0.15) is 29.3 Å². The third kappa shape index (κ3) is 3.77. The second-order valence-corrected chi connectivity index (χ2v) is 6.16. The number of nitrogens with one attached hydrogen (secondary N) is 1. The van der Waals surface area contributed by atoms with Gasteiger partial charge in [0.2, 0.25) is 0 Å². The summed E-state index contributed by atoms with van der Waals surface area (Å²) < 4.78 is 7.06. The minimum absolute atomic E-state index is 0.122. The number of methoxy groups -OCH3 is 1. The molecule has 0 saturated heterocycles. The van der Waals surface area contributed by atoms with E-state index in [4.69, 9.17) is 4.74 Å². The molecule has 0 saturated carbocycles. The Hall–Kier alpha value is -3.08. The molecular weight excluding hydrogens is 326 g/mol. The average molecular weight is 349 g/mol. The third-order valence-electron chi connectivity index (χ3n) is 4.14. The maximum atomic E-state index is 12.7. The van der Waals surface area contributed by atoms with Crippen molar-refractivity contribution >= 4 is 5.91 Å². The lowest BCUT2D eigenvalue weighted by Crippen LogP contribution is -2.24. The van der Waals surface area contributed by atoms with E-state index < -0.39 is 0 Å². The fourth-order valence-electron chi connectivity index (χ4n) is 2.69. The molecule has 2 aromatic carbocycles. The van der Waals surface area contributed by atoms with Gasteiger partial charge in [-0.2, -0.15) is 5.10 Å². The Labute approximate surface area is 153 Å². The van der Waals surface area contributed by atoms with Gasteiger partial charge in [0.15, 0.2) is 0 Å². The van der Waals surface area contributed by atoms with Crippen LogP contribution in [0.5, 0.6) is 5.75 Å². The molecule has 0 atom stereocenters. The zero-order valence-corrected chi connectivity index (χ0v) is 15.3. The predicted octanol–water partition coefficient (Wildman–Crippen LogP) is 4.00. The van der Waals surface area contributed by atoms with Crippen molar-refractivity contribution in [1.82, 2.24) is 15.1 Å². The van der Waals surface area contributed by atoms with Crippen LogP contribution >= 0.6 is 0 Å². The van der Waals surface area contributed by atoms with Crippen LogP contribution in [0, 0.1) is 6.92 Å². The molecule has 1 heterocycles. The van der Waals surface area contributed by atoms with Crippen molar-refractivity contribution in [1.29, 1.82) is 0 Å². The van der Waals surface area contributed by atoms with Gasteiger partial charge >= 0.3 is 0 Å². The summed E-state index contributed by atoms with van der Waals surface area (Å²) in [5.41, 5.74) is 4.12. The van der Waals surface area contributed by atoms with E-state index in [9.17, 15) is 4.79 Å². The minimum atomic E-state index is -0.122. The van der Waals surface area contributed by atoms with Crippen LogP contribution in [-0.4, -0.2) is 29.3 Å². The van der Waals surface area contributed by atoms with Gasteiger partial charge in [-0.05, 0) is 37.6 Å². The number of hydrogen-bond acceptors (Lipinski definition) is 3. The van der Waals surface area contributed by atoms with Crippen molar-refractivity contribution in [3.05, 3.63) is 65.9 Å². The number of carbonyl (C=O) groups excluding carboxylic acids is 1. The summed E-state index contributed by atoms with van der Waals surface area (Å²) >= 11 is 0. The van der Waals surface area contributed by atoms with Crippen molar-refractivity contribution < 1.29 is 9.53 Å². The van der Waals surface area contributed by atoms with Crippen LogP contribution in [0.2, 0.25) is 0 Å². The van der Waals surface area contributed by atoms with Crippen molar-refractivity contribution in [2.24, 2.45) is 0 Å². The van der Waals surface area contributed by atoms with Gasteiger partial charge in [-0.3, -0.25) is 4.79 Å². The molecule has 0 aliphatic rings. The monoisotopic (exact) mass is 349 g/mol. The summed E-state index contributed by atoms with van der Waals surface area (Å²) in [4.78, 5) is 12.7. The molecule has 5 nitrogen and oxygen atoms in total. The molecule has 0 radical (unpaired) electrons. The van der Waals surface area contributed by atoms with Crippen LogP contribution in [0.4, 0.5) is 0 Å². The van der Waals surface area contributed by atoms with E-state index >= 15 is 0 Å². The Morgan fingerprint density at radius 3 is 2.65 bits per heavy atom. The van der Waals surface area contributed by atoms with E-state index in [-0.39, 0.29) is 5.91 Å². The predicted molar refractivity (Wildman–Crippen MR) is 103 cm³/mol. The summed E-state index contributed by atoms with van der Waals surface area (Å²) in [7, 11) is 1.62. The van der Waals surface area contributed by atoms with E-state index in [1.165, 1.54) is 5.56 Å². The van der Waals surface area contributed by atoms with Crippen molar-refractivity contribution in [2.75, 3.05) is 13.7 Å². The van der Waals surface area contributed by atoms with Crippen LogP contribution in [0.15, 0.2) is 54.7 Å². The smallest absolute Gasteiger partial charge is 0.255 e. The SMILES string of the molecule is CCCNC(=O)c1cn(-c2ccc(C)cc2)nc1-c1cccc(OC)c1. The zero-order chi connectivity index (χ0) is 18.5. The average Bonchev–Trinajstić information content (AvgIpc) is 3.12. The molecule has 0 unspecified atom stereocenters. The topological polar surface area (TPSA) is 56.2 Å². The first-order chi connectivity index (χ1) is 12.6. The van der Waals surface area contributed by atoms with Gasteiger partial charge in [0.1, 0.15) is 11.4 Å². The fraction of sp³-hybridized carbons (Fsp3) is 0.238. The Morgan fingerprint density at radius 1 is 1.19 bits per heavy atom. The number of carbonyl (C=O) groups is 1. The fourth-order valence-corrected chi connectivity index (χ4v) is 2.69. The van der Waals surface area contributed by atoms with Crippen LogP contribution in [0.3, 0.4) is 0 Å². The molecule has 1 N–H and O–H groups in total. The number of aryl methyl sites for hydroxylation is 1. The largest absolute Gasteiger partial charge is 0.497 e. The lowest BCUT2D eigenvalue weighted by atomic mass is 10.1. The van der Waals surface area contributed by atoms with Gasteiger partial charge in [-0.25, -0.2) is 4.68 Å². The summed E-state index contributed by atoms with van der Waals surface area (Å²) in [5, 5.41) is 7.62. The van der Waals surface area contributed by atoms with E-state index in [0.29, 0.717) is 17.8 Å². The molecule has 0 spiro atoms. The van der Waals surface area contributed by atoms with Gasteiger partial charge in [0.05, 0.1) is 18.4 Å².